The van der Waals surface area contributed by atoms with Crippen molar-refractivity contribution in [3.8, 4) is 17.2 Å². The van der Waals surface area contributed by atoms with Crippen LogP contribution in [0.25, 0.3) is 0 Å². The second kappa shape index (κ2) is 13.4. The quantitative estimate of drug-likeness (QED) is 0.320. The zero-order valence-corrected chi connectivity index (χ0v) is 26.8. The minimum atomic E-state index is -4.13. The van der Waals surface area contributed by atoms with Crippen molar-refractivity contribution in [2.75, 3.05) is 45.7 Å². The molecule has 0 radical (unpaired) electrons. The molecule has 0 fully saturated rings. The second-order valence-electron chi connectivity index (χ2n) is 10.5. The number of hydrogen-bond acceptors (Lipinski definition) is 9. The topological polar surface area (TPSA) is 152 Å². The van der Waals surface area contributed by atoms with Crippen molar-refractivity contribution in [2.45, 2.75) is 35.8 Å². The van der Waals surface area contributed by atoms with E-state index in [-0.39, 0.29) is 46.5 Å². The van der Waals surface area contributed by atoms with Gasteiger partial charge in [0.1, 0.15) is 17.6 Å². The van der Waals surface area contributed by atoms with Crippen molar-refractivity contribution < 1.29 is 40.9 Å². The van der Waals surface area contributed by atoms with Crippen LogP contribution in [0.5, 0.6) is 17.2 Å². The fourth-order valence-electron chi connectivity index (χ4n) is 4.78. The van der Waals surface area contributed by atoms with E-state index in [1.54, 1.807) is 26.0 Å². The van der Waals surface area contributed by atoms with Gasteiger partial charge in [0.05, 0.1) is 54.5 Å². The summed E-state index contributed by atoms with van der Waals surface area (Å²) in [6.07, 6.45) is -0.820. The number of amides is 1. The predicted molar refractivity (Wildman–Crippen MR) is 164 cm³/mol. The number of likely N-dealkylation sites (N-methyl/N-ethyl adjacent to an activating group) is 1. The number of aliphatic hydroxyl groups excluding tert-OH is 1. The number of nitrogens with zero attached hydrogens (tertiary/aromatic N) is 2. The van der Waals surface area contributed by atoms with Gasteiger partial charge in [-0.15, -0.1) is 0 Å². The molecule has 1 aliphatic rings. The van der Waals surface area contributed by atoms with Crippen LogP contribution in [0.3, 0.4) is 0 Å². The fraction of sp³-hybridized carbons (Fsp3) is 0.367. The van der Waals surface area contributed by atoms with Crippen LogP contribution in [0.15, 0.2) is 76.5 Å². The Balaban J connectivity index is 1.74. The van der Waals surface area contributed by atoms with E-state index in [0.717, 1.165) is 4.31 Å². The number of anilines is 1. The smallest absolute Gasteiger partial charge is 0.262 e. The van der Waals surface area contributed by atoms with E-state index in [1.165, 1.54) is 80.8 Å². The van der Waals surface area contributed by atoms with Crippen molar-refractivity contribution in [2.24, 2.45) is 5.92 Å². The standard InChI is InChI=1S/C30H37N3O9S2/c1-20-17-33(21(2)19-34)30(35)26-7-6-8-27(31-43(36,37)24-13-9-22(40-4)10-14-24)29(26)42-28(20)18-32(3)44(38,39)25-15-11-23(41-5)12-16-25/h6-16,20-21,28,31,34H,17-19H2,1-5H3/t20-,21+,28-/m0/s1. The van der Waals surface area contributed by atoms with Crippen molar-refractivity contribution in [3.63, 3.8) is 0 Å². The number of ether oxygens (including phenoxy) is 3. The molecular formula is C30H37N3O9S2. The van der Waals surface area contributed by atoms with Gasteiger partial charge in [0.2, 0.25) is 10.0 Å². The lowest BCUT2D eigenvalue weighted by Crippen LogP contribution is -2.50. The van der Waals surface area contributed by atoms with Crippen LogP contribution in [0.1, 0.15) is 24.2 Å². The lowest BCUT2D eigenvalue weighted by molar-refractivity contribution is 0.0389. The highest BCUT2D eigenvalue weighted by atomic mass is 32.2. The Kier molecular flexibility index (Phi) is 10.1. The van der Waals surface area contributed by atoms with Gasteiger partial charge in [-0.3, -0.25) is 9.52 Å². The molecule has 44 heavy (non-hydrogen) atoms. The van der Waals surface area contributed by atoms with Crippen LogP contribution in [-0.4, -0.2) is 90.2 Å². The zero-order chi connectivity index (χ0) is 32.2. The van der Waals surface area contributed by atoms with Gasteiger partial charge in [-0.1, -0.05) is 13.0 Å². The Morgan fingerprint density at radius 3 is 2.09 bits per heavy atom. The normalized spacial score (nSPS) is 18.1. The summed E-state index contributed by atoms with van der Waals surface area (Å²) in [6.45, 7) is 3.22. The molecule has 0 saturated carbocycles. The monoisotopic (exact) mass is 647 g/mol. The molecule has 238 valence electrons. The molecule has 0 aromatic heterocycles. The average molecular weight is 648 g/mol. The van der Waals surface area contributed by atoms with Gasteiger partial charge in [0.15, 0.2) is 5.75 Å². The van der Waals surface area contributed by atoms with Gasteiger partial charge in [-0.05, 0) is 67.6 Å². The van der Waals surface area contributed by atoms with Crippen LogP contribution in [-0.2, 0) is 20.0 Å². The summed E-state index contributed by atoms with van der Waals surface area (Å²) in [5, 5.41) is 9.93. The maximum Gasteiger partial charge on any atom is 0.262 e. The molecule has 0 saturated heterocycles. The number of hydrogen-bond donors (Lipinski definition) is 2. The van der Waals surface area contributed by atoms with Crippen molar-refractivity contribution in [1.82, 2.24) is 9.21 Å². The molecule has 0 spiro atoms. The van der Waals surface area contributed by atoms with Gasteiger partial charge >= 0.3 is 0 Å². The summed E-state index contributed by atoms with van der Waals surface area (Å²) < 4.78 is 74.0. The van der Waals surface area contributed by atoms with Crippen molar-refractivity contribution >= 4 is 31.6 Å². The SMILES string of the molecule is COc1ccc(S(=O)(=O)Nc2cccc3c2O[C@@H](CN(C)S(=O)(=O)c2ccc(OC)cc2)[C@@H](C)CN([C@H](C)CO)C3=O)cc1. The molecule has 0 unspecified atom stereocenters. The molecule has 1 amide bonds. The van der Waals surface area contributed by atoms with E-state index in [4.69, 9.17) is 14.2 Å². The molecule has 3 atom stereocenters. The molecule has 3 aromatic rings. The highest BCUT2D eigenvalue weighted by molar-refractivity contribution is 7.92. The Bertz CT molecular complexity index is 1680. The first-order valence-corrected chi connectivity index (χ1v) is 16.7. The maximum absolute atomic E-state index is 13.7. The molecule has 3 aromatic carbocycles. The van der Waals surface area contributed by atoms with E-state index < -0.39 is 44.0 Å². The largest absolute Gasteiger partial charge is 0.497 e. The fourth-order valence-corrected chi connectivity index (χ4v) is 7.02. The third-order valence-corrected chi connectivity index (χ3v) is 10.7. The third kappa shape index (κ3) is 6.93. The number of para-hydroxylation sites is 1. The lowest BCUT2D eigenvalue weighted by atomic mass is 9.99. The molecule has 0 bridgehead atoms. The summed E-state index contributed by atoms with van der Waals surface area (Å²) in [4.78, 5) is 15.2. The molecule has 1 aliphatic heterocycles. The van der Waals surface area contributed by atoms with Gasteiger partial charge < -0.3 is 24.2 Å². The number of carbonyl (C=O) groups excluding carboxylic acids is 1. The van der Waals surface area contributed by atoms with E-state index in [0.29, 0.717) is 11.5 Å². The Morgan fingerprint density at radius 2 is 1.55 bits per heavy atom. The molecule has 1 heterocycles. The van der Waals surface area contributed by atoms with Gasteiger partial charge in [-0.2, -0.15) is 4.31 Å². The number of nitrogens with one attached hydrogen (secondary N) is 1. The predicted octanol–water partition coefficient (Wildman–Crippen LogP) is 3.05. The van der Waals surface area contributed by atoms with Crippen molar-refractivity contribution in [1.29, 1.82) is 0 Å². The minimum absolute atomic E-state index is 0.00281. The van der Waals surface area contributed by atoms with Crippen molar-refractivity contribution in [3.05, 3.63) is 72.3 Å². The van der Waals surface area contributed by atoms with Crippen LogP contribution < -0.4 is 18.9 Å². The Hall–Kier alpha value is -3.85. The van der Waals surface area contributed by atoms with Gasteiger partial charge in [0, 0.05) is 19.5 Å². The number of rotatable bonds is 11. The molecule has 14 heteroatoms. The first-order valence-electron chi connectivity index (χ1n) is 13.8. The third-order valence-electron chi connectivity index (χ3n) is 7.51. The van der Waals surface area contributed by atoms with Crippen LogP contribution in [0.4, 0.5) is 5.69 Å². The summed E-state index contributed by atoms with van der Waals surface area (Å²) in [6, 6.07) is 15.7. The van der Waals surface area contributed by atoms with E-state index in [9.17, 15) is 26.7 Å². The Labute approximate surface area is 258 Å². The van der Waals surface area contributed by atoms with E-state index >= 15 is 0 Å². The van der Waals surface area contributed by atoms with Crippen LogP contribution in [0.2, 0.25) is 0 Å². The molecule has 2 N–H and O–H groups in total. The first kappa shape index (κ1) is 33.1. The lowest BCUT2D eigenvalue weighted by Gasteiger charge is -2.38. The molecular weight excluding hydrogens is 610 g/mol. The minimum Gasteiger partial charge on any atom is -0.497 e. The zero-order valence-electron chi connectivity index (χ0n) is 25.1. The molecule has 0 aliphatic carbocycles. The second-order valence-corrected chi connectivity index (χ2v) is 14.3. The number of sulfonamides is 2. The Morgan fingerprint density at radius 1 is 0.977 bits per heavy atom. The number of aliphatic hydroxyl groups is 1. The summed E-state index contributed by atoms with van der Waals surface area (Å²) in [5.74, 6) is 0.0489. The summed E-state index contributed by atoms with van der Waals surface area (Å²) in [5.41, 5.74) is 0.0702. The van der Waals surface area contributed by atoms with Crippen LogP contribution in [0, 0.1) is 5.92 Å². The highest BCUT2D eigenvalue weighted by Crippen LogP contribution is 2.36. The first-order chi connectivity index (χ1) is 20.8. The number of carbonyl (C=O) groups is 1. The highest BCUT2D eigenvalue weighted by Gasteiger charge is 2.36. The van der Waals surface area contributed by atoms with Gasteiger partial charge in [0.25, 0.3) is 15.9 Å². The summed E-state index contributed by atoms with van der Waals surface area (Å²) >= 11 is 0. The van der Waals surface area contributed by atoms with Crippen LogP contribution >= 0.6 is 0 Å². The van der Waals surface area contributed by atoms with E-state index in [2.05, 4.69) is 4.72 Å². The maximum atomic E-state index is 13.7. The number of methoxy groups -OCH3 is 2. The van der Waals surface area contributed by atoms with Gasteiger partial charge in [-0.25, -0.2) is 16.8 Å². The average Bonchev–Trinajstić information content (AvgIpc) is 3.02. The van der Waals surface area contributed by atoms with E-state index in [1.807, 2.05) is 0 Å². The molecule has 4 rings (SSSR count). The number of fused-ring (bicyclic) bond motifs is 1. The summed E-state index contributed by atoms with van der Waals surface area (Å²) in [7, 11) is -3.71. The molecule has 12 nitrogen and oxygen atoms in total. The number of benzene rings is 3.